The molecule has 0 N–H and O–H groups in total. The second kappa shape index (κ2) is 11.8. The molecule has 0 saturated carbocycles. The first-order valence-electron chi connectivity index (χ1n) is 21.1. The van der Waals surface area contributed by atoms with Crippen LogP contribution in [0.3, 0.4) is 0 Å². The van der Waals surface area contributed by atoms with E-state index in [0.29, 0.717) is 28.9 Å². The molecule has 6 aromatic heterocycles. The van der Waals surface area contributed by atoms with Crippen molar-refractivity contribution in [1.82, 2.24) is 15.0 Å². The average Bonchev–Trinajstić information content (AvgIpc) is 4.13. The summed E-state index contributed by atoms with van der Waals surface area (Å²) in [6, 6.07) is 49.2. The minimum absolute atomic E-state index is 0.245. The van der Waals surface area contributed by atoms with Crippen molar-refractivity contribution in [1.29, 1.82) is 0 Å². The van der Waals surface area contributed by atoms with Gasteiger partial charge in [-0.15, -0.1) is 0 Å². The van der Waals surface area contributed by atoms with Gasteiger partial charge in [0.1, 0.15) is 43.8 Å². The van der Waals surface area contributed by atoms with Crippen LogP contribution in [-0.2, 0) is 0 Å². The molecule has 6 aromatic carbocycles. The maximum Gasteiger partial charge on any atom is 0.283 e. The van der Waals surface area contributed by atoms with Crippen LogP contribution >= 0.6 is 11.3 Å². The predicted molar refractivity (Wildman–Crippen MR) is 254 cm³/mol. The Hall–Kier alpha value is -8.28. The van der Waals surface area contributed by atoms with Crippen molar-refractivity contribution in [2.45, 2.75) is 0 Å². The smallest absolute Gasteiger partial charge is 0.283 e. The zero-order chi connectivity index (χ0) is 41.4. The highest BCUT2D eigenvalue weighted by molar-refractivity contribution is 7.26. The number of aromatic nitrogens is 3. The van der Waals surface area contributed by atoms with E-state index in [1.165, 1.54) is 0 Å². The Balaban J connectivity index is 0.920. The Kier molecular flexibility index (Phi) is 6.15. The van der Waals surface area contributed by atoms with Crippen LogP contribution in [0.25, 0.3) is 54.2 Å². The van der Waals surface area contributed by atoms with Gasteiger partial charge in [0.15, 0.2) is 0 Å². The van der Waals surface area contributed by atoms with Gasteiger partial charge in [-0.25, -0.2) is 9.97 Å². The van der Waals surface area contributed by atoms with Gasteiger partial charge in [-0.05, 0) is 76.4 Å². The number of furan rings is 3. The first-order chi connectivity index (χ1) is 31.7. The maximum atomic E-state index is 6.89. The van der Waals surface area contributed by atoms with E-state index in [9.17, 15) is 0 Å². The second-order valence-corrected chi connectivity index (χ2v) is 17.6. The van der Waals surface area contributed by atoms with Crippen molar-refractivity contribution in [3.8, 4) is 23.1 Å². The monoisotopic (exact) mass is 841 g/mol. The Morgan fingerprint density at radius 2 is 1.17 bits per heavy atom. The van der Waals surface area contributed by atoms with Crippen LogP contribution in [0.2, 0.25) is 0 Å². The molecule has 0 aliphatic carbocycles. The number of hydrogen-bond acceptors (Lipinski definition) is 11. The molecule has 0 unspecified atom stereocenters. The summed E-state index contributed by atoms with van der Waals surface area (Å²) in [5.74, 6) is 4.76. The van der Waals surface area contributed by atoms with Crippen molar-refractivity contribution in [2.75, 3.05) is 9.80 Å². The largest absolute Gasteiger partial charge is 0.458 e. The summed E-state index contributed by atoms with van der Waals surface area (Å²) in [6.07, 6.45) is 1.85. The highest BCUT2D eigenvalue weighted by Gasteiger charge is 2.48. The number of hydrogen-bond donors (Lipinski definition) is 0. The maximum absolute atomic E-state index is 6.89. The first kappa shape index (κ1) is 33.4. The molecule has 0 bridgehead atoms. The van der Waals surface area contributed by atoms with Crippen LogP contribution in [0.15, 0.2) is 165 Å². The first-order valence-corrected chi connectivity index (χ1v) is 22.0. The lowest BCUT2D eigenvalue weighted by molar-refractivity contribution is 0.467. The molecule has 0 spiro atoms. The number of nitrogens with zero attached hydrogens (tertiary/aromatic N) is 5. The standard InChI is InChI=1S/C51H25B2N5O5S/c1-4-16-35-26(10-1)22-41(60-35)57-33-14-7-19-38-45(33)52(43-28-12-3-6-18-37(28)63-50(43)57)30-24-31-32(25-40(30)59-38)56-48-47(55-31)53-44-29-13-9-21-54-49(29)64-51(44)58(34-15-8-20-39(62-48)46(34)53)42-23-27-11-2-5-17-36(27)61-42/h1-25H. The Morgan fingerprint density at radius 3 is 1.97 bits per heavy atom. The van der Waals surface area contributed by atoms with Crippen molar-refractivity contribution in [3.05, 3.63) is 152 Å². The fraction of sp³-hybridized carbons (Fsp3) is 0. The minimum atomic E-state index is -0.295. The fourth-order valence-corrected chi connectivity index (χ4v) is 11.9. The fourth-order valence-electron chi connectivity index (χ4n) is 10.7. The molecule has 0 fully saturated rings. The number of benzene rings is 6. The molecule has 0 saturated heterocycles. The zero-order valence-electron chi connectivity index (χ0n) is 33.3. The summed E-state index contributed by atoms with van der Waals surface area (Å²) in [6.45, 7) is -0.540. The number of para-hydroxylation sites is 3. The number of rotatable bonds is 2. The Bertz CT molecular complexity index is 3740. The van der Waals surface area contributed by atoms with E-state index in [4.69, 9.17) is 37.7 Å². The van der Waals surface area contributed by atoms with Gasteiger partial charge in [0.2, 0.25) is 23.5 Å². The summed E-state index contributed by atoms with van der Waals surface area (Å²) in [4.78, 5) is 21.0. The van der Waals surface area contributed by atoms with E-state index in [-0.39, 0.29) is 13.4 Å². The molecule has 12 aromatic rings. The van der Waals surface area contributed by atoms with Gasteiger partial charge in [0, 0.05) is 57.1 Å². The minimum Gasteiger partial charge on any atom is -0.458 e. The van der Waals surface area contributed by atoms with Crippen LogP contribution in [-0.4, -0.2) is 28.4 Å². The SMILES string of the molecule is c1cc2c3c(c1)N(c1cc4ccccc4o1)c1oc4ccccc4c1B3c1cc3nc4c(nc3cc1O2)Oc1cccc2c1B4c1c(sc3ncccc13)N2c1cc2ccccc2o1. The molecule has 16 rings (SSSR count). The molecular weight excluding hydrogens is 816 g/mol. The van der Waals surface area contributed by atoms with E-state index >= 15 is 0 Å². The lowest BCUT2D eigenvalue weighted by Crippen LogP contribution is -2.60. The van der Waals surface area contributed by atoms with Gasteiger partial charge in [-0.1, -0.05) is 84.1 Å². The van der Waals surface area contributed by atoms with Crippen LogP contribution < -0.4 is 52.2 Å². The highest BCUT2D eigenvalue weighted by Crippen LogP contribution is 2.48. The number of pyridine rings is 1. The summed E-state index contributed by atoms with van der Waals surface area (Å²) in [7, 11) is 0. The van der Waals surface area contributed by atoms with Crippen molar-refractivity contribution >= 4 is 146 Å². The summed E-state index contributed by atoms with van der Waals surface area (Å²) >= 11 is 1.65. The van der Waals surface area contributed by atoms with Gasteiger partial charge in [-0.3, -0.25) is 14.8 Å². The van der Waals surface area contributed by atoms with E-state index < -0.39 is 0 Å². The van der Waals surface area contributed by atoms with Crippen molar-refractivity contribution in [2.24, 2.45) is 0 Å². The van der Waals surface area contributed by atoms with Crippen LogP contribution in [0, 0.1) is 0 Å². The van der Waals surface area contributed by atoms with Gasteiger partial charge in [0.05, 0.1) is 22.3 Å². The summed E-state index contributed by atoms with van der Waals surface area (Å²) in [5.41, 5.74) is 11.6. The normalized spacial score (nSPS) is 14.1. The lowest BCUT2D eigenvalue weighted by Gasteiger charge is -2.36. The molecule has 4 aliphatic rings. The van der Waals surface area contributed by atoms with Gasteiger partial charge >= 0.3 is 0 Å². The van der Waals surface area contributed by atoms with Crippen molar-refractivity contribution in [3.63, 3.8) is 0 Å². The quantitative estimate of drug-likeness (QED) is 0.157. The van der Waals surface area contributed by atoms with Crippen LogP contribution in [0.5, 0.6) is 23.1 Å². The van der Waals surface area contributed by atoms with Crippen LogP contribution in [0.1, 0.15) is 0 Å². The Labute approximate surface area is 366 Å². The number of thiophene rings is 1. The Morgan fingerprint density at radius 1 is 0.500 bits per heavy atom. The van der Waals surface area contributed by atoms with E-state index in [2.05, 4.69) is 70.5 Å². The molecule has 0 amide bonds. The van der Waals surface area contributed by atoms with Gasteiger partial charge in [-0.2, -0.15) is 0 Å². The predicted octanol–water partition coefficient (Wildman–Crippen LogP) is 9.29. The van der Waals surface area contributed by atoms with E-state index in [1.54, 1.807) is 11.3 Å². The second-order valence-electron chi connectivity index (χ2n) is 16.7. The number of anilines is 6. The third-order valence-corrected chi connectivity index (χ3v) is 14.4. The molecular formula is C51H25B2N5O5S. The molecule has 296 valence electrons. The van der Waals surface area contributed by atoms with E-state index in [0.717, 1.165) is 115 Å². The molecule has 4 aliphatic heterocycles. The van der Waals surface area contributed by atoms with Crippen LogP contribution in [0.4, 0.5) is 34.0 Å². The molecule has 10 heterocycles. The number of ether oxygens (including phenoxy) is 2. The van der Waals surface area contributed by atoms with E-state index in [1.807, 2.05) is 91.1 Å². The third-order valence-electron chi connectivity index (χ3n) is 13.3. The third kappa shape index (κ3) is 4.24. The molecule has 64 heavy (non-hydrogen) atoms. The molecule has 0 atom stereocenters. The van der Waals surface area contributed by atoms with Gasteiger partial charge < -0.3 is 22.7 Å². The molecule has 10 nitrogen and oxygen atoms in total. The average molecular weight is 841 g/mol. The van der Waals surface area contributed by atoms with Gasteiger partial charge in [0.25, 0.3) is 13.4 Å². The zero-order valence-corrected chi connectivity index (χ0v) is 34.1. The lowest BCUT2D eigenvalue weighted by atomic mass is 9.34. The molecule has 0 radical (unpaired) electrons. The highest BCUT2D eigenvalue weighted by atomic mass is 32.1. The molecule has 13 heteroatoms. The summed E-state index contributed by atoms with van der Waals surface area (Å²) in [5, 5.41) is 5.14. The topological polar surface area (TPSA) is 103 Å². The van der Waals surface area contributed by atoms with Crippen molar-refractivity contribution < 1.29 is 22.7 Å². The summed E-state index contributed by atoms with van der Waals surface area (Å²) < 4.78 is 33.7. The number of fused-ring (bicyclic) bond motifs is 15.